The summed E-state index contributed by atoms with van der Waals surface area (Å²) in [6.45, 7) is 2.21. The molecule has 0 atom stereocenters. The van der Waals surface area contributed by atoms with E-state index in [-0.39, 0.29) is 5.91 Å². The molecular formula is C13H19NO3. The number of hydrogen-bond donors (Lipinski definition) is 1. The third-order valence-electron chi connectivity index (χ3n) is 3.39. The number of aliphatic hydroxyl groups is 1. The molecule has 1 N–H and O–H groups in total. The van der Waals surface area contributed by atoms with Crippen molar-refractivity contribution >= 4 is 5.91 Å². The number of carbonyl (C=O) groups excluding carboxylic acids is 1. The topological polar surface area (TPSA) is 53.7 Å². The second kappa shape index (κ2) is 4.53. The number of likely N-dealkylation sites (N-methyl/N-ethyl adjacent to an activating group) is 1. The van der Waals surface area contributed by atoms with Gasteiger partial charge in [0.15, 0.2) is 0 Å². The Kier molecular flexibility index (Phi) is 3.24. The van der Waals surface area contributed by atoms with Gasteiger partial charge in [-0.3, -0.25) is 4.79 Å². The molecule has 1 amide bonds. The summed E-state index contributed by atoms with van der Waals surface area (Å²) in [6, 6.07) is 1.72. The standard InChI is InChI=1S/C13H19NO3/c1-10-7-11(8-17-10)12(15)14(2)9-13(16)5-3-4-6-13/h7-8,16H,3-6,9H2,1-2H3. The molecule has 17 heavy (non-hydrogen) atoms. The fraction of sp³-hybridized carbons (Fsp3) is 0.615. The van der Waals surface area contributed by atoms with Gasteiger partial charge in [-0.1, -0.05) is 12.8 Å². The molecule has 1 fully saturated rings. The van der Waals surface area contributed by atoms with Crippen molar-refractivity contribution in [1.82, 2.24) is 4.90 Å². The third kappa shape index (κ3) is 2.69. The van der Waals surface area contributed by atoms with Crippen LogP contribution in [0.3, 0.4) is 0 Å². The number of hydrogen-bond acceptors (Lipinski definition) is 3. The van der Waals surface area contributed by atoms with Crippen LogP contribution in [0.4, 0.5) is 0 Å². The molecular weight excluding hydrogens is 218 g/mol. The lowest BCUT2D eigenvalue weighted by Crippen LogP contribution is -2.41. The second-order valence-corrected chi connectivity index (χ2v) is 5.04. The Hall–Kier alpha value is -1.29. The van der Waals surface area contributed by atoms with Crippen LogP contribution in [0.5, 0.6) is 0 Å². The highest BCUT2D eigenvalue weighted by atomic mass is 16.3. The first-order valence-corrected chi connectivity index (χ1v) is 6.03. The maximum Gasteiger partial charge on any atom is 0.256 e. The average molecular weight is 237 g/mol. The summed E-state index contributed by atoms with van der Waals surface area (Å²) >= 11 is 0. The van der Waals surface area contributed by atoms with Crippen LogP contribution in [0.2, 0.25) is 0 Å². The van der Waals surface area contributed by atoms with Crippen molar-refractivity contribution in [3.63, 3.8) is 0 Å². The quantitative estimate of drug-likeness (QED) is 0.874. The fourth-order valence-corrected chi connectivity index (χ4v) is 2.48. The van der Waals surface area contributed by atoms with Gasteiger partial charge in [-0.15, -0.1) is 0 Å². The van der Waals surface area contributed by atoms with Gasteiger partial charge in [0.1, 0.15) is 12.0 Å². The van der Waals surface area contributed by atoms with Gasteiger partial charge >= 0.3 is 0 Å². The van der Waals surface area contributed by atoms with E-state index in [1.165, 1.54) is 6.26 Å². The zero-order valence-corrected chi connectivity index (χ0v) is 10.4. The predicted octanol–water partition coefficient (Wildman–Crippen LogP) is 1.97. The van der Waals surface area contributed by atoms with Crippen LogP contribution < -0.4 is 0 Å². The lowest BCUT2D eigenvalue weighted by atomic mass is 10.0. The van der Waals surface area contributed by atoms with Crippen LogP contribution in [0.1, 0.15) is 41.8 Å². The molecule has 0 spiro atoms. The zero-order valence-electron chi connectivity index (χ0n) is 10.4. The number of nitrogens with zero attached hydrogens (tertiary/aromatic N) is 1. The molecule has 0 aromatic carbocycles. The van der Waals surface area contributed by atoms with Gasteiger partial charge in [0.2, 0.25) is 0 Å². The fourth-order valence-electron chi connectivity index (χ4n) is 2.48. The molecule has 94 valence electrons. The summed E-state index contributed by atoms with van der Waals surface area (Å²) in [4.78, 5) is 13.6. The molecule has 1 aliphatic rings. The van der Waals surface area contributed by atoms with E-state index < -0.39 is 5.60 Å². The molecule has 1 aliphatic carbocycles. The molecule has 0 radical (unpaired) electrons. The van der Waals surface area contributed by atoms with Gasteiger partial charge in [0.05, 0.1) is 11.2 Å². The van der Waals surface area contributed by atoms with E-state index in [0.717, 1.165) is 31.4 Å². The van der Waals surface area contributed by atoms with Crippen LogP contribution in [-0.4, -0.2) is 35.1 Å². The minimum atomic E-state index is -0.691. The van der Waals surface area contributed by atoms with Crippen molar-refractivity contribution < 1.29 is 14.3 Å². The molecule has 1 saturated carbocycles. The molecule has 1 aromatic heterocycles. The number of furan rings is 1. The van der Waals surface area contributed by atoms with Crippen LogP contribution in [-0.2, 0) is 0 Å². The van der Waals surface area contributed by atoms with Crippen molar-refractivity contribution in [2.75, 3.05) is 13.6 Å². The molecule has 4 heteroatoms. The Balaban J connectivity index is 2.00. The maximum atomic E-state index is 12.0. The van der Waals surface area contributed by atoms with Crippen LogP contribution in [0.25, 0.3) is 0 Å². The highest BCUT2D eigenvalue weighted by Gasteiger charge is 2.33. The number of aryl methyl sites for hydroxylation is 1. The molecule has 2 rings (SSSR count). The summed E-state index contributed by atoms with van der Waals surface area (Å²) in [5.74, 6) is 0.628. The molecule has 4 nitrogen and oxygen atoms in total. The third-order valence-corrected chi connectivity index (χ3v) is 3.39. The van der Waals surface area contributed by atoms with Crippen LogP contribution >= 0.6 is 0 Å². The smallest absolute Gasteiger partial charge is 0.256 e. The van der Waals surface area contributed by atoms with Gasteiger partial charge in [0.25, 0.3) is 5.91 Å². The summed E-state index contributed by atoms with van der Waals surface area (Å²) in [7, 11) is 1.72. The SMILES string of the molecule is Cc1cc(C(=O)N(C)CC2(O)CCCC2)co1. The van der Waals surface area contributed by atoms with Gasteiger partial charge in [-0.05, 0) is 25.8 Å². The van der Waals surface area contributed by atoms with Crippen molar-refractivity contribution in [3.05, 3.63) is 23.7 Å². The summed E-state index contributed by atoms with van der Waals surface area (Å²) in [5, 5.41) is 10.2. The van der Waals surface area contributed by atoms with Crippen LogP contribution in [0.15, 0.2) is 16.7 Å². The van der Waals surface area contributed by atoms with Crippen molar-refractivity contribution in [2.45, 2.75) is 38.2 Å². The van der Waals surface area contributed by atoms with Crippen molar-refractivity contribution in [2.24, 2.45) is 0 Å². The van der Waals surface area contributed by atoms with E-state index >= 15 is 0 Å². The van der Waals surface area contributed by atoms with E-state index in [1.54, 1.807) is 24.9 Å². The highest BCUT2D eigenvalue weighted by molar-refractivity contribution is 5.93. The summed E-state index contributed by atoms with van der Waals surface area (Å²) < 4.78 is 5.12. The van der Waals surface area contributed by atoms with Crippen molar-refractivity contribution in [3.8, 4) is 0 Å². The first-order valence-electron chi connectivity index (χ1n) is 6.03. The molecule has 0 saturated heterocycles. The van der Waals surface area contributed by atoms with Crippen LogP contribution in [0, 0.1) is 6.92 Å². The normalized spacial score (nSPS) is 18.3. The Bertz CT molecular complexity index is 405. The largest absolute Gasteiger partial charge is 0.469 e. The van der Waals surface area contributed by atoms with Crippen molar-refractivity contribution in [1.29, 1.82) is 0 Å². The Morgan fingerprint density at radius 2 is 2.18 bits per heavy atom. The predicted molar refractivity (Wildman–Crippen MR) is 63.8 cm³/mol. The van der Waals surface area contributed by atoms with E-state index in [4.69, 9.17) is 4.42 Å². The minimum Gasteiger partial charge on any atom is -0.469 e. The monoisotopic (exact) mass is 237 g/mol. The number of amides is 1. The minimum absolute atomic E-state index is 0.0952. The van der Waals surface area contributed by atoms with Gasteiger partial charge in [-0.2, -0.15) is 0 Å². The number of rotatable bonds is 3. The van der Waals surface area contributed by atoms with E-state index in [2.05, 4.69) is 0 Å². The maximum absolute atomic E-state index is 12.0. The Morgan fingerprint density at radius 3 is 2.71 bits per heavy atom. The summed E-state index contributed by atoms with van der Waals surface area (Å²) in [6.07, 6.45) is 5.13. The lowest BCUT2D eigenvalue weighted by Gasteiger charge is -2.28. The second-order valence-electron chi connectivity index (χ2n) is 5.04. The highest BCUT2D eigenvalue weighted by Crippen LogP contribution is 2.30. The molecule has 1 aromatic rings. The van der Waals surface area contributed by atoms with E-state index in [1.807, 2.05) is 0 Å². The van der Waals surface area contributed by atoms with Gasteiger partial charge in [0, 0.05) is 13.6 Å². The Labute approximate surface area is 101 Å². The lowest BCUT2D eigenvalue weighted by molar-refractivity contribution is 0.0156. The van der Waals surface area contributed by atoms with E-state index in [9.17, 15) is 9.90 Å². The summed E-state index contributed by atoms with van der Waals surface area (Å²) in [5.41, 5.74) is -0.144. The first-order chi connectivity index (χ1) is 8.00. The average Bonchev–Trinajstić information content (AvgIpc) is 2.86. The van der Waals surface area contributed by atoms with Gasteiger partial charge in [-0.25, -0.2) is 0 Å². The molecule has 0 bridgehead atoms. The first kappa shape index (κ1) is 12.2. The Morgan fingerprint density at radius 1 is 1.53 bits per heavy atom. The molecule has 0 aliphatic heterocycles. The number of carbonyl (C=O) groups is 1. The molecule has 1 heterocycles. The van der Waals surface area contributed by atoms with Gasteiger partial charge < -0.3 is 14.4 Å². The zero-order chi connectivity index (χ0) is 12.5. The van der Waals surface area contributed by atoms with E-state index in [0.29, 0.717) is 12.1 Å². The molecule has 0 unspecified atom stereocenters.